The van der Waals surface area contributed by atoms with Crippen molar-refractivity contribution in [2.75, 3.05) is 59.1 Å². The summed E-state index contributed by atoms with van der Waals surface area (Å²) in [5.74, 6) is -17.7. The molecule has 47 heteroatoms. The first-order valence-electron chi connectivity index (χ1n) is 47.1. The van der Waals surface area contributed by atoms with E-state index < -0.39 is 304 Å². The normalized spacial score (nSPS) is 27.5. The summed E-state index contributed by atoms with van der Waals surface area (Å²) in [6.07, 6.45) is -24.5. The molecule has 0 aliphatic carbocycles. The lowest BCUT2D eigenvalue weighted by Crippen LogP contribution is -2.65. The minimum absolute atomic E-state index is 0.0304. The Balaban J connectivity index is 1.04. The summed E-state index contributed by atoms with van der Waals surface area (Å²) in [7, 11) is 0. The fourth-order valence-electron chi connectivity index (χ4n) is 18.1. The molecule has 3 saturated heterocycles. The summed E-state index contributed by atoms with van der Waals surface area (Å²) >= 11 is 14.9. The number of nitrogens with zero attached hydrogens (tertiary/aromatic N) is 1. The van der Waals surface area contributed by atoms with Crippen LogP contribution in [0.1, 0.15) is 154 Å². The second-order valence-corrected chi connectivity index (χ2v) is 37.4. The molecule has 3 fully saturated rings. The molecule has 9 amide bonds. The predicted octanol–water partition coefficient (Wildman–Crippen LogP) is 0.441. The number of unbranched alkanes of at least 4 members (excludes halogenated alkanes) is 3. The van der Waals surface area contributed by atoms with Crippen LogP contribution >= 0.6 is 23.2 Å². The molecule has 0 saturated carbocycles. The van der Waals surface area contributed by atoms with Gasteiger partial charge in [-0.2, -0.15) is 0 Å². The number of benzene rings is 7. The first-order valence-corrected chi connectivity index (χ1v) is 47.9. The van der Waals surface area contributed by atoms with Crippen LogP contribution in [0.4, 0.5) is 0 Å². The quantitative estimate of drug-likeness (QED) is 0.0283. The Labute approximate surface area is 834 Å². The second-order valence-electron chi connectivity index (χ2n) is 36.6. The lowest BCUT2D eigenvalue weighted by molar-refractivity contribution is -0.284. The third kappa shape index (κ3) is 25.0. The minimum atomic E-state index is -2.54. The van der Waals surface area contributed by atoms with Crippen LogP contribution < -0.4 is 88.7 Å². The number of aliphatic hydroxyl groups excluding tert-OH is 10. The smallest absolute Gasteiger partial charge is 0.248 e. The highest BCUT2D eigenvalue weighted by Gasteiger charge is 2.53. The third-order valence-electron chi connectivity index (χ3n) is 25.7. The molecule has 17 bridgehead atoms. The van der Waals surface area contributed by atoms with Gasteiger partial charge >= 0.3 is 0 Å². The molecule has 9 aliphatic heterocycles. The van der Waals surface area contributed by atoms with Crippen LogP contribution in [0.3, 0.4) is 0 Å². The maximum atomic E-state index is 17.3. The molecule has 778 valence electrons. The average Bonchev–Trinajstić information content (AvgIpc) is 0.753. The number of aromatic hydroxyl groups is 4. The lowest BCUT2D eigenvalue weighted by Gasteiger charge is -2.44. The molecule has 9 aliphatic rings. The SMILES string of the molecule is CC(=O)N[C@@H]1[C@H](O[C@@H]2c3ccc(c(Cl)c3)Oc3cc4cc(c3O[C@@H]3O[C@@H](CO)[C@@H](O)[C@H](O)[C@@H]3NC(=O)CCCCCCC(C)C)Oc3ccc(cc3Cl)C[C@H]3NC(=O)[C@H](N)c5ccc(O)c(c5)Oc5cc(O)cc(c5)[C@H](NC3=O)C(=O)N[C@H]4C(=O)N[C@H]3C(=O)N[C@@H]2C(=O)N[C@H](C(=O)NCCCN(CCCN)CCCN)c2cc(O)cc(O[C@H]4O[C@H](CO)[C@@H](O)[C@@H](O)[C@@H]4O)c2-c2cc3ccc2O)O[C@@H](CO)[C@@H](O)[C@@H]1O. The number of amides is 9. The summed E-state index contributed by atoms with van der Waals surface area (Å²) in [6.45, 7) is 3.80. The van der Waals surface area contributed by atoms with Gasteiger partial charge < -0.3 is 184 Å². The van der Waals surface area contributed by atoms with Crippen LogP contribution in [0.15, 0.2) is 115 Å². The van der Waals surface area contributed by atoms with Crippen molar-refractivity contribution >= 4 is 76.4 Å². The molecule has 23 atom stereocenters. The van der Waals surface area contributed by atoms with Crippen molar-refractivity contribution in [3.05, 3.63) is 164 Å². The largest absolute Gasteiger partial charge is 0.508 e. The monoisotopic (exact) mass is 2050 g/mol. The Morgan fingerprint density at radius 1 is 0.500 bits per heavy atom. The second kappa shape index (κ2) is 47.8. The highest BCUT2D eigenvalue weighted by atomic mass is 35.5. The molecule has 144 heavy (non-hydrogen) atoms. The predicted molar refractivity (Wildman–Crippen MR) is 507 cm³/mol. The first kappa shape index (κ1) is 108. The van der Waals surface area contributed by atoms with Crippen LogP contribution in [0.5, 0.6) is 69.0 Å². The number of ether oxygens (including phenoxy) is 9. The van der Waals surface area contributed by atoms with Crippen LogP contribution in [-0.2, 0) is 68.5 Å². The van der Waals surface area contributed by atoms with E-state index in [4.69, 9.17) is 83.0 Å². The molecular formula is C97H119Cl2N13O32. The topological polar surface area (TPSA) is 709 Å². The molecule has 29 N–H and O–H groups in total. The molecule has 0 aromatic heterocycles. The fourth-order valence-corrected chi connectivity index (χ4v) is 18.5. The first-order chi connectivity index (χ1) is 68.8. The highest BCUT2D eigenvalue weighted by molar-refractivity contribution is 6.32. The van der Waals surface area contributed by atoms with Gasteiger partial charge in [0.2, 0.25) is 71.5 Å². The zero-order chi connectivity index (χ0) is 104. The van der Waals surface area contributed by atoms with Gasteiger partial charge in [0, 0.05) is 49.6 Å². The van der Waals surface area contributed by atoms with Gasteiger partial charge in [0.05, 0.1) is 29.9 Å². The van der Waals surface area contributed by atoms with Gasteiger partial charge in [-0.1, -0.05) is 87.0 Å². The van der Waals surface area contributed by atoms with Crippen LogP contribution in [0.25, 0.3) is 11.1 Å². The molecule has 7 aromatic rings. The molecule has 0 radical (unpaired) electrons. The summed E-state index contributed by atoms with van der Waals surface area (Å²) < 4.78 is 58.5. The Bertz CT molecular complexity index is 5830. The number of nitrogens with one attached hydrogen (secondary N) is 9. The van der Waals surface area contributed by atoms with E-state index in [2.05, 4.69) is 61.7 Å². The number of halogens is 2. The third-order valence-corrected chi connectivity index (χ3v) is 26.3. The molecule has 16 rings (SSSR count). The van der Waals surface area contributed by atoms with Gasteiger partial charge in [-0.15, -0.1) is 0 Å². The number of carbonyl (C=O) groups is 9. The molecule has 45 nitrogen and oxygen atoms in total. The Morgan fingerprint density at radius 3 is 1.69 bits per heavy atom. The number of fused-ring (bicyclic) bond motifs is 14. The van der Waals surface area contributed by atoms with E-state index in [1.165, 1.54) is 30.3 Å². The number of hydrogen-bond donors (Lipinski definition) is 26. The van der Waals surface area contributed by atoms with Gasteiger partial charge in [-0.3, -0.25) is 43.2 Å². The Kier molecular flexibility index (Phi) is 35.7. The van der Waals surface area contributed by atoms with Crippen LogP contribution in [0, 0.1) is 5.92 Å². The van der Waals surface area contributed by atoms with Crippen molar-refractivity contribution in [3.8, 4) is 80.1 Å². The van der Waals surface area contributed by atoms with E-state index in [1.54, 1.807) is 0 Å². The van der Waals surface area contributed by atoms with E-state index >= 15 is 28.8 Å². The van der Waals surface area contributed by atoms with Gasteiger partial charge in [0.25, 0.3) is 0 Å². The van der Waals surface area contributed by atoms with E-state index in [-0.39, 0.29) is 63.9 Å². The molecule has 9 heterocycles. The van der Waals surface area contributed by atoms with Crippen LogP contribution in [-0.4, -0.2) is 293 Å². The molecular weight excluding hydrogens is 1930 g/mol. The molecule has 7 aromatic carbocycles. The number of phenols is 4. The highest BCUT2D eigenvalue weighted by Crippen LogP contribution is 2.51. The molecule has 0 unspecified atom stereocenters. The van der Waals surface area contributed by atoms with Crippen molar-refractivity contribution in [3.63, 3.8) is 0 Å². The van der Waals surface area contributed by atoms with E-state index in [0.29, 0.717) is 64.3 Å². The summed E-state index contributed by atoms with van der Waals surface area (Å²) in [4.78, 5) is 144. The zero-order valence-electron chi connectivity index (χ0n) is 78.3. The van der Waals surface area contributed by atoms with Gasteiger partial charge in [-0.05, 0) is 182 Å². The number of nitrogens with two attached hydrogens (primary N) is 3. The van der Waals surface area contributed by atoms with Crippen molar-refractivity contribution in [1.82, 2.24) is 52.8 Å². The van der Waals surface area contributed by atoms with Crippen molar-refractivity contribution in [2.24, 2.45) is 23.1 Å². The summed E-state index contributed by atoms with van der Waals surface area (Å²) in [5, 5.41) is 185. The minimum Gasteiger partial charge on any atom is -0.508 e. The average molecular weight is 2050 g/mol. The van der Waals surface area contributed by atoms with E-state index in [1.807, 2.05) is 4.90 Å². The Morgan fingerprint density at radius 2 is 1.06 bits per heavy atom. The lowest BCUT2D eigenvalue weighted by atomic mass is 9.89. The number of aliphatic hydroxyl groups is 10. The molecule has 0 spiro atoms. The van der Waals surface area contributed by atoms with Gasteiger partial charge in [-0.25, -0.2) is 0 Å². The fraction of sp³-hybridized carbons (Fsp3) is 0.474. The standard InChI is InChI=1S/C97H119Cl2N13O32/c1-42(2)11-6-4-5-7-12-69(121)106-77-83(126)80(123)67(40-114)141-96(77)144-87-64-34-49-35-65(87)138-61-20-16-47(32-56(61)99)86(143-95-76(104-43(3)116)82(125)79(122)66(39-113)140-95)78-94(135)110-75(90(131)103-23-10-26-112(24-8-21-100)25-9-22-101)54-37-51(118)38-63(139-97-85(128)84(127)81(124)68(41-115)142-97)70(54)53-31-46(15-17-58(53)119)72(91(132)111-78)108-93(134)74(49)109-92(133)73-48-29-50(117)36-52(30-48)136-62-33-45(14-18-59(62)120)71(102)89(130)105-57(88(129)107-73)28-44-13-19-60(137-64)55(98)27-44/h13-20,27,29-38,42,57,66-68,71-86,95-97,113-115,117-120,122-128H,4-12,21-26,28,39-41,100-102H2,1-3H3,(H,103,131)(H,104,116)(H,105,130)(H,106,121)(H,107,129)(H,108,134)(H,109,133)(H,110,135)(H,111,132)/t57-,66+,67+,68-,71-,72-,73+,74-,75+,76+,77+,78+,79-,80-,81-,82-,83-,84-,85+,86-,95+,96+,97+/m1/s1. The van der Waals surface area contributed by atoms with Crippen molar-refractivity contribution in [1.29, 1.82) is 0 Å². The maximum absolute atomic E-state index is 17.3. The van der Waals surface area contributed by atoms with Crippen molar-refractivity contribution in [2.45, 2.75) is 225 Å². The number of carbonyl (C=O) groups excluding carboxylic acids is 9. The number of hydrogen-bond acceptors (Lipinski definition) is 36. The maximum Gasteiger partial charge on any atom is 0.248 e. The number of phenolic OH excluding ortho intramolecular Hbond substituents is 4. The van der Waals surface area contributed by atoms with E-state index in [9.17, 15) is 85.9 Å². The Hall–Kier alpha value is -12.2. The summed E-state index contributed by atoms with van der Waals surface area (Å²) in [6, 6.07) is 1.81. The zero-order valence-corrected chi connectivity index (χ0v) is 79.8. The van der Waals surface area contributed by atoms with Crippen molar-refractivity contribution < 1.29 is 157 Å². The van der Waals surface area contributed by atoms with E-state index in [0.717, 1.165) is 111 Å². The number of rotatable bonds is 29. The van der Waals surface area contributed by atoms with Gasteiger partial charge in [0.1, 0.15) is 162 Å². The summed E-state index contributed by atoms with van der Waals surface area (Å²) in [5.41, 5.74) is 15.2. The van der Waals surface area contributed by atoms with Crippen LogP contribution in [0.2, 0.25) is 10.0 Å². The van der Waals surface area contributed by atoms with Gasteiger partial charge in [0.15, 0.2) is 29.3 Å².